The first-order valence-electron chi connectivity index (χ1n) is 6.19. The van der Waals surface area contributed by atoms with Gasteiger partial charge in [0, 0.05) is 12.1 Å². The van der Waals surface area contributed by atoms with Gasteiger partial charge in [0.1, 0.15) is 0 Å². The highest BCUT2D eigenvalue weighted by molar-refractivity contribution is 5.54. The summed E-state index contributed by atoms with van der Waals surface area (Å²) in [5.74, 6) is 0.279. The molecule has 0 aliphatic carbocycles. The number of likely N-dealkylation sites (N-methyl/N-ethyl adjacent to an activating group) is 1. The minimum Gasteiger partial charge on any atom is -0.334 e. The molecule has 0 fully saturated rings. The molecule has 1 unspecified atom stereocenters. The van der Waals surface area contributed by atoms with Gasteiger partial charge in [0.25, 0.3) is 5.89 Å². The van der Waals surface area contributed by atoms with Gasteiger partial charge in [0.05, 0.1) is 11.6 Å². The molecular weight excluding hydrogens is 285 g/mol. The Balaban J connectivity index is 2.26. The van der Waals surface area contributed by atoms with Crippen LogP contribution >= 0.6 is 0 Å². The van der Waals surface area contributed by atoms with E-state index < -0.39 is 17.8 Å². The van der Waals surface area contributed by atoms with Gasteiger partial charge in [-0.15, -0.1) is 0 Å². The largest absolute Gasteiger partial charge is 0.416 e. The molecule has 114 valence electrons. The summed E-state index contributed by atoms with van der Waals surface area (Å²) in [5, 5.41) is 3.72. The lowest BCUT2D eigenvalue weighted by Crippen LogP contribution is -2.26. The molecule has 0 bridgehead atoms. The first-order chi connectivity index (χ1) is 9.77. The molecule has 5 nitrogen and oxygen atoms in total. The van der Waals surface area contributed by atoms with Gasteiger partial charge in [0.15, 0.2) is 5.82 Å². The number of alkyl halides is 3. The van der Waals surface area contributed by atoms with Crippen LogP contribution in [0, 0.1) is 0 Å². The van der Waals surface area contributed by atoms with E-state index in [0.717, 1.165) is 12.1 Å². The van der Waals surface area contributed by atoms with Crippen LogP contribution in [0.2, 0.25) is 0 Å². The fourth-order valence-corrected chi connectivity index (χ4v) is 1.81. The van der Waals surface area contributed by atoms with Crippen molar-refractivity contribution < 1.29 is 17.7 Å². The zero-order valence-electron chi connectivity index (χ0n) is 11.6. The average Bonchev–Trinajstić information content (AvgIpc) is 2.86. The van der Waals surface area contributed by atoms with E-state index in [1.165, 1.54) is 12.1 Å². The fourth-order valence-electron chi connectivity index (χ4n) is 1.81. The van der Waals surface area contributed by atoms with Crippen LogP contribution in [0.15, 0.2) is 28.8 Å². The third-order valence-electron chi connectivity index (χ3n) is 2.77. The molecule has 0 aliphatic rings. The summed E-state index contributed by atoms with van der Waals surface area (Å²) in [6.45, 7) is 0.502. The van der Waals surface area contributed by atoms with E-state index in [1.54, 1.807) is 0 Å². The van der Waals surface area contributed by atoms with Crippen LogP contribution < -0.4 is 5.73 Å². The average molecular weight is 300 g/mol. The predicted molar refractivity (Wildman–Crippen MR) is 70.2 cm³/mol. The normalized spacial score (nSPS) is 13.7. The van der Waals surface area contributed by atoms with Crippen molar-refractivity contribution in [3.8, 4) is 11.5 Å². The monoisotopic (exact) mass is 300 g/mol. The summed E-state index contributed by atoms with van der Waals surface area (Å²) < 4.78 is 43.0. The summed E-state index contributed by atoms with van der Waals surface area (Å²) in [4.78, 5) is 5.91. The fraction of sp³-hybridized carbons (Fsp3) is 0.385. The molecule has 8 heteroatoms. The number of rotatable bonds is 4. The summed E-state index contributed by atoms with van der Waals surface area (Å²) in [6.07, 6.45) is -4.42. The van der Waals surface area contributed by atoms with Gasteiger partial charge >= 0.3 is 6.18 Å². The summed E-state index contributed by atoms with van der Waals surface area (Å²) in [5.41, 5.74) is 5.32. The number of halogens is 3. The molecule has 0 aliphatic heterocycles. The van der Waals surface area contributed by atoms with Crippen LogP contribution in [0.3, 0.4) is 0 Å². The van der Waals surface area contributed by atoms with Gasteiger partial charge in [-0.1, -0.05) is 11.2 Å². The van der Waals surface area contributed by atoms with E-state index in [1.807, 2.05) is 19.0 Å². The SMILES string of the molecule is CN(C)CC(N)c1noc(-c2cccc(C(F)(F)F)c2)n1. The summed E-state index contributed by atoms with van der Waals surface area (Å²) in [7, 11) is 3.68. The molecule has 0 saturated heterocycles. The Morgan fingerprint density at radius 3 is 2.67 bits per heavy atom. The first kappa shape index (κ1) is 15.5. The van der Waals surface area contributed by atoms with E-state index in [0.29, 0.717) is 6.54 Å². The van der Waals surface area contributed by atoms with Gasteiger partial charge < -0.3 is 15.2 Å². The molecule has 1 atom stereocenters. The van der Waals surface area contributed by atoms with E-state index in [2.05, 4.69) is 10.1 Å². The number of nitrogens with two attached hydrogens (primary N) is 1. The molecule has 0 spiro atoms. The van der Waals surface area contributed by atoms with Gasteiger partial charge in [-0.2, -0.15) is 18.2 Å². The Hall–Kier alpha value is -1.93. The summed E-state index contributed by atoms with van der Waals surface area (Å²) >= 11 is 0. The van der Waals surface area contributed by atoms with Crippen LogP contribution in [-0.4, -0.2) is 35.7 Å². The van der Waals surface area contributed by atoms with Crippen molar-refractivity contribution in [2.45, 2.75) is 12.2 Å². The maximum Gasteiger partial charge on any atom is 0.416 e. The lowest BCUT2D eigenvalue weighted by molar-refractivity contribution is -0.137. The van der Waals surface area contributed by atoms with Crippen LogP contribution in [-0.2, 0) is 6.18 Å². The van der Waals surface area contributed by atoms with E-state index >= 15 is 0 Å². The highest BCUT2D eigenvalue weighted by Crippen LogP contribution is 2.31. The molecule has 2 rings (SSSR count). The highest BCUT2D eigenvalue weighted by atomic mass is 19.4. The number of hydrogen-bond donors (Lipinski definition) is 1. The number of hydrogen-bond acceptors (Lipinski definition) is 5. The van der Waals surface area contributed by atoms with Gasteiger partial charge in [-0.05, 0) is 32.3 Å². The molecule has 0 radical (unpaired) electrons. The van der Waals surface area contributed by atoms with Gasteiger partial charge in [-0.3, -0.25) is 0 Å². The third kappa shape index (κ3) is 3.79. The maximum absolute atomic E-state index is 12.7. The van der Waals surface area contributed by atoms with Crippen molar-refractivity contribution in [1.82, 2.24) is 15.0 Å². The second-order valence-corrected chi connectivity index (χ2v) is 4.91. The topological polar surface area (TPSA) is 68.2 Å². The van der Waals surface area contributed by atoms with E-state index in [4.69, 9.17) is 10.3 Å². The Morgan fingerprint density at radius 2 is 2.05 bits per heavy atom. The van der Waals surface area contributed by atoms with Crippen molar-refractivity contribution in [2.24, 2.45) is 5.73 Å². The lowest BCUT2D eigenvalue weighted by Gasteiger charge is -2.12. The van der Waals surface area contributed by atoms with Crippen molar-refractivity contribution in [3.05, 3.63) is 35.7 Å². The Labute approximate surface area is 119 Å². The Kier molecular flexibility index (Phi) is 4.29. The number of nitrogens with zero attached hydrogens (tertiary/aromatic N) is 3. The molecule has 1 aromatic heterocycles. The molecule has 2 aromatic rings. The van der Waals surface area contributed by atoms with Crippen molar-refractivity contribution in [3.63, 3.8) is 0 Å². The lowest BCUT2D eigenvalue weighted by atomic mass is 10.1. The second-order valence-electron chi connectivity index (χ2n) is 4.91. The second kappa shape index (κ2) is 5.82. The summed E-state index contributed by atoms with van der Waals surface area (Å²) in [6, 6.07) is 4.25. The van der Waals surface area contributed by atoms with Crippen molar-refractivity contribution in [1.29, 1.82) is 0 Å². The van der Waals surface area contributed by atoms with Crippen LogP contribution in [0.4, 0.5) is 13.2 Å². The van der Waals surface area contributed by atoms with Crippen LogP contribution in [0.1, 0.15) is 17.4 Å². The van der Waals surface area contributed by atoms with Gasteiger partial charge in [-0.25, -0.2) is 0 Å². The quantitative estimate of drug-likeness (QED) is 0.938. The third-order valence-corrected chi connectivity index (χ3v) is 2.77. The first-order valence-corrected chi connectivity index (χ1v) is 6.19. The van der Waals surface area contributed by atoms with E-state index in [-0.39, 0.29) is 17.3 Å². The zero-order chi connectivity index (χ0) is 15.6. The maximum atomic E-state index is 12.7. The van der Waals surface area contributed by atoms with E-state index in [9.17, 15) is 13.2 Å². The molecule has 21 heavy (non-hydrogen) atoms. The Bertz CT molecular complexity index is 609. The molecule has 0 saturated carbocycles. The molecule has 1 heterocycles. The number of benzene rings is 1. The zero-order valence-corrected chi connectivity index (χ0v) is 11.6. The molecule has 0 amide bonds. The number of aromatic nitrogens is 2. The minimum absolute atomic E-state index is 0.0188. The Morgan fingerprint density at radius 1 is 1.33 bits per heavy atom. The highest BCUT2D eigenvalue weighted by Gasteiger charge is 2.31. The van der Waals surface area contributed by atoms with Crippen LogP contribution in [0.25, 0.3) is 11.5 Å². The minimum atomic E-state index is -4.42. The smallest absolute Gasteiger partial charge is 0.334 e. The molecular formula is C13H15F3N4O. The van der Waals surface area contributed by atoms with Gasteiger partial charge in [0.2, 0.25) is 0 Å². The molecule has 2 N–H and O–H groups in total. The standard InChI is InChI=1S/C13H15F3N4O/c1-20(2)7-10(17)11-18-12(21-19-11)8-4-3-5-9(6-8)13(14,15)16/h3-6,10H,7,17H2,1-2H3. The molecule has 1 aromatic carbocycles. The van der Waals surface area contributed by atoms with Crippen molar-refractivity contribution in [2.75, 3.05) is 20.6 Å². The predicted octanol–water partition coefficient (Wildman–Crippen LogP) is 2.32. The van der Waals surface area contributed by atoms with Crippen LogP contribution in [0.5, 0.6) is 0 Å². The van der Waals surface area contributed by atoms with Crippen molar-refractivity contribution >= 4 is 0 Å².